The Bertz CT molecular complexity index is 284. The summed E-state index contributed by atoms with van der Waals surface area (Å²) in [5.74, 6) is 1.62. The minimum absolute atomic E-state index is 0.757. The lowest BCUT2D eigenvalue weighted by atomic mass is 10.0. The lowest BCUT2D eigenvalue weighted by Crippen LogP contribution is -1.85. The molecule has 0 N–H and O–H groups in total. The van der Waals surface area contributed by atoms with Crippen molar-refractivity contribution in [2.24, 2.45) is 11.8 Å². The van der Waals surface area contributed by atoms with Gasteiger partial charge in [-0.2, -0.15) is 0 Å². The number of rotatable bonds is 2. The highest BCUT2D eigenvalue weighted by molar-refractivity contribution is 5.67. The van der Waals surface area contributed by atoms with Gasteiger partial charge >= 0.3 is 0 Å². The van der Waals surface area contributed by atoms with Crippen LogP contribution in [0.1, 0.15) is 18.9 Å². The van der Waals surface area contributed by atoms with Crippen LogP contribution in [0.4, 0.5) is 0 Å². The van der Waals surface area contributed by atoms with Gasteiger partial charge in [0.05, 0.1) is 0 Å². The number of benzene rings is 1. The number of hydrogen-bond donors (Lipinski definition) is 0. The third kappa shape index (κ3) is 1.29. The Morgan fingerprint density at radius 3 is 2.42 bits per heavy atom. The van der Waals surface area contributed by atoms with Crippen molar-refractivity contribution in [1.82, 2.24) is 0 Å². The van der Waals surface area contributed by atoms with Gasteiger partial charge in [-0.15, -0.1) is 0 Å². The predicted octanol–water partition coefficient (Wildman–Crippen LogP) is 3.36. The summed E-state index contributed by atoms with van der Waals surface area (Å²) in [7, 11) is 0. The van der Waals surface area contributed by atoms with Gasteiger partial charge in [0.15, 0.2) is 0 Å². The van der Waals surface area contributed by atoms with Crippen LogP contribution in [0.3, 0.4) is 0 Å². The highest BCUT2D eigenvalue weighted by atomic mass is 14.4. The van der Waals surface area contributed by atoms with Crippen molar-refractivity contribution in [2.75, 3.05) is 0 Å². The summed E-state index contributed by atoms with van der Waals surface area (Å²) < 4.78 is 0. The Morgan fingerprint density at radius 1 is 1.33 bits per heavy atom. The summed E-state index contributed by atoms with van der Waals surface area (Å²) in [6.07, 6.45) is 1.33. The third-order valence-electron chi connectivity index (χ3n) is 2.70. The Kier molecular flexibility index (Phi) is 1.76. The molecule has 12 heavy (non-hydrogen) atoms. The van der Waals surface area contributed by atoms with Crippen molar-refractivity contribution in [3.05, 3.63) is 42.5 Å². The fourth-order valence-electron chi connectivity index (χ4n) is 1.67. The molecule has 1 aliphatic carbocycles. The molecule has 0 aliphatic heterocycles. The van der Waals surface area contributed by atoms with E-state index in [4.69, 9.17) is 0 Å². The normalized spacial score (nSPS) is 26.8. The maximum absolute atomic E-state index is 4.14. The molecule has 1 fully saturated rings. The van der Waals surface area contributed by atoms with E-state index in [0.717, 1.165) is 11.8 Å². The molecule has 1 aromatic carbocycles. The van der Waals surface area contributed by atoms with E-state index >= 15 is 0 Å². The Hall–Kier alpha value is -1.04. The SMILES string of the molecule is C=C(c1ccccc1)[C@H]1C[C@@H]1C. The van der Waals surface area contributed by atoms with Gasteiger partial charge in [0, 0.05) is 0 Å². The largest absolute Gasteiger partial charge is 0.0949 e. The molecular formula is C12H14. The van der Waals surface area contributed by atoms with Crippen LogP contribution in [0.2, 0.25) is 0 Å². The van der Waals surface area contributed by atoms with Crippen molar-refractivity contribution in [1.29, 1.82) is 0 Å². The van der Waals surface area contributed by atoms with Gasteiger partial charge in [0.1, 0.15) is 0 Å². The van der Waals surface area contributed by atoms with E-state index in [1.165, 1.54) is 17.6 Å². The highest BCUT2D eigenvalue weighted by Crippen LogP contribution is 2.46. The molecule has 0 bridgehead atoms. The van der Waals surface area contributed by atoms with E-state index in [1.54, 1.807) is 0 Å². The van der Waals surface area contributed by atoms with Crippen LogP contribution in [0.15, 0.2) is 36.9 Å². The Labute approximate surface area is 73.9 Å². The standard InChI is InChI=1S/C12H14/c1-9-8-12(9)10(2)11-6-4-3-5-7-11/h3-7,9,12H,2,8H2,1H3/t9-,12-/m0/s1. The molecule has 0 unspecified atom stereocenters. The summed E-state index contributed by atoms with van der Waals surface area (Å²) in [4.78, 5) is 0. The zero-order valence-corrected chi connectivity index (χ0v) is 7.46. The van der Waals surface area contributed by atoms with Gasteiger partial charge in [0.2, 0.25) is 0 Å². The fourth-order valence-corrected chi connectivity index (χ4v) is 1.67. The molecule has 2 rings (SSSR count). The third-order valence-corrected chi connectivity index (χ3v) is 2.70. The van der Waals surface area contributed by atoms with E-state index in [2.05, 4.69) is 37.8 Å². The van der Waals surface area contributed by atoms with Gasteiger partial charge in [-0.3, -0.25) is 0 Å². The van der Waals surface area contributed by atoms with Gasteiger partial charge in [-0.05, 0) is 29.4 Å². The van der Waals surface area contributed by atoms with Crippen LogP contribution in [-0.4, -0.2) is 0 Å². The molecule has 0 amide bonds. The average molecular weight is 158 g/mol. The van der Waals surface area contributed by atoms with Crippen LogP contribution < -0.4 is 0 Å². The topological polar surface area (TPSA) is 0 Å². The van der Waals surface area contributed by atoms with Crippen LogP contribution >= 0.6 is 0 Å². The number of allylic oxidation sites excluding steroid dienone is 1. The molecule has 62 valence electrons. The predicted molar refractivity (Wildman–Crippen MR) is 52.7 cm³/mol. The van der Waals surface area contributed by atoms with E-state index < -0.39 is 0 Å². The van der Waals surface area contributed by atoms with Crippen molar-refractivity contribution >= 4 is 5.57 Å². The summed E-state index contributed by atoms with van der Waals surface area (Å²) >= 11 is 0. The molecule has 0 heterocycles. The monoisotopic (exact) mass is 158 g/mol. The first-order valence-electron chi connectivity index (χ1n) is 4.53. The molecule has 1 aliphatic rings. The van der Waals surface area contributed by atoms with Crippen LogP contribution in [0.25, 0.3) is 5.57 Å². The van der Waals surface area contributed by atoms with Crippen LogP contribution in [-0.2, 0) is 0 Å². The molecule has 0 aromatic heterocycles. The average Bonchev–Trinajstić information content (AvgIpc) is 2.83. The second kappa shape index (κ2) is 2.78. The zero-order valence-electron chi connectivity index (χ0n) is 7.46. The zero-order chi connectivity index (χ0) is 8.55. The first-order chi connectivity index (χ1) is 5.79. The molecule has 0 radical (unpaired) electrons. The van der Waals surface area contributed by atoms with Gasteiger partial charge in [-0.1, -0.05) is 43.8 Å². The lowest BCUT2D eigenvalue weighted by Gasteiger charge is -2.02. The summed E-state index contributed by atoms with van der Waals surface area (Å²) in [6.45, 7) is 6.43. The van der Waals surface area contributed by atoms with Crippen LogP contribution in [0, 0.1) is 11.8 Å². The first kappa shape index (κ1) is 7.60. The van der Waals surface area contributed by atoms with Crippen molar-refractivity contribution in [3.63, 3.8) is 0 Å². The van der Waals surface area contributed by atoms with E-state index in [0.29, 0.717) is 0 Å². The maximum Gasteiger partial charge on any atom is -0.0133 e. The second-order valence-electron chi connectivity index (χ2n) is 3.71. The quantitative estimate of drug-likeness (QED) is 0.619. The molecule has 1 saturated carbocycles. The van der Waals surface area contributed by atoms with Crippen LogP contribution in [0.5, 0.6) is 0 Å². The fraction of sp³-hybridized carbons (Fsp3) is 0.333. The maximum atomic E-state index is 4.14. The molecule has 0 nitrogen and oxygen atoms in total. The van der Waals surface area contributed by atoms with Crippen molar-refractivity contribution < 1.29 is 0 Å². The Morgan fingerprint density at radius 2 is 1.92 bits per heavy atom. The summed E-state index contributed by atoms with van der Waals surface area (Å²) in [6, 6.07) is 10.5. The molecule has 0 heteroatoms. The Balaban J connectivity index is 2.16. The minimum atomic E-state index is 0.757. The van der Waals surface area contributed by atoms with Gasteiger partial charge in [-0.25, -0.2) is 0 Å². The van der Waals surface area contributed by atoms with E-state index in [1.807, 2.05) is 6.07 Å². The molecule has 0 spiro atoms. The van der Waals surface area contributed by atoms with Gasteiger partial charge in [0.25, 0.3) is 0 Å². The smallest absolute Gasteiger partial charge is 0.0133 e. The van der Waals surface area contributed by atoms with Crippen molar-refractivity contribution in [2.45, 2.75) is 13.3 Å². The second-order valence-corrected chi connectivity index (χ2v) is 3.71. The van der Waals surface area contributed by atoms with E-state index in [9.17, 15) is 0 Å². The number of hydrogen-bond acceptors (Lipinski definition) is 0. The molecule has 1 aromatic rings. The van der Waals surface area contributed by atoms with Gasteiger partial charge < -0.3 is 0 Å². The highest BCUT2D eigenvalue weighted by Gasteiger charge is 2.34. The molecule has 2 atom stereocenters. The van der Waals surface area contributed by atoms with E-state index in [-0.39, 0.29) is 0 Å². The lowest BCUT2D eigenvalue weighted by molar-refractivity contribution is 0.912. The van der Waals surface area contributed by atoms with Crippen molar-refractivity contribution in [3.8, 4) is 0 Å². The first-order valence-corrected chi connectivity index (χ1v) is 4.53. The minimum Gasteiger partial charge on any atom is -0.0949 e. The summed E-state index contributed by atoms with van der Waals surface area (Å²) in [5.41, 5.74) is 2.63. The summed E-state index contributed by atoms with van der Waals surface area (Å²) in [5, 5.41) is 0. The molecular weight excluding hydrogens is 144 g/mol. The molecule has 0 saturated heterocycles.